The van der Waals surface area contributed by atoms with Gasteiger partial charge in [-0.1, -0.05) is 68.3 Å². The molecule has 108 valence electrons. The largest absolute Gasteiger partial charge is 0.595 e. The Balaban J connectivity index is 2.35. The Kier molecular flexibility index (Phi) is 5.51. The quantitative estimate of drug-likeness (QED) is 0.597. The minimum atomic E-state index is -1.04. The first-order valence-corrected chi connectivity index (χ1v) is 7.98. The first-order valence-electron chi connectivity index (χ1n) is 6.15. The molecule has 2 N–H and O–H groups in total. The number of hydrogen-bond acceptors (Lipinski definition) is 3. The maximum absolute atomic E-state index is 11.0. The monoisotopic (exact) mass is 410 g/mol. The van der Waals surface area contributed by atoms with Crippen LogP contribution in [0.15, 0.2) is 48.5 Å². The van der Waals surface area contributed by atoms with Crippen molar-refractivity contribution in [3.05, 3.63) is 70.4 Å². The highest BCUT2D eigenvalue weighted by molar-refractivity contribution is 9.12. The van der Waals surface area contributed by atoms with Crippen LogP contribution in [0.4, 0.5) is 5.69 Å². The normalized spacial score (nSPS) is 15.0. The van der Waals surface area contributed by atoms with Crippen molar-refractivity contribution in [3.8, 4) is 6.07 Å². The standard InChI is InChI=1S/C15H12Br2N2O2/c16-14(10-4-2-1-3-5-10)15(17)13-7-6-12(19(20)21)8-11(13)9-18/h1-8,14-15,19-20H/t14-,15-/m1/s1. The number of halogens is 2. The van der Waals surface area contributed by atoms with Crippen LogP contribution in [-0.4, -0.2) is 5.21 Å². The molecule has 1 unspecified atom stereocenters. The van der Waals surface area contributed by atoms with Gasteiger partial charge < -0.3 is 5.21 Å². The molecule has 0 radical (unpaired) electrons. The summed E-state index contributed by atoms with van der Waals surface area (Å²) in [7, 11) is 0. The fraction of sp³-hybridized carbons (Fsp3) is 0.133. The first kappa shape index (κ1) is 16.1. The van der Waals surface area contributed by atoms with E-state index in [1.165, 1.54) is 12.1 Å². The Morgan fingerprint density at radius 2 is 1.76 bits per heavy atom. The number of nitrogens with one attached hydrogen (secondary N) is 1. The van der Waals surface area contributed by atoms with Gasteiger partial charge in [0, 0.05) is 12.1 Å². The molecule has 0 saturated carbocycles. The van der Waals surface area contributed by atoms with E-state index in [2.05, 4.69) is 37.9 Å². The summed E-state index contributed by atoms with van der Waals surface area (Å²) >= 11 is 7.22. The zero-order valence-electron chi connectivity index (χ0n) is 10.8. The minimum absolute atomic E-state index is 0.0264. The summed E-state index contributed by atoms with van der Waals surface area (Å²) in [6.45, 7) is 0. The molecular weight excluding hydrogens is 400 g/mol. The highest BCUT2D eigenvalue weighted by Crippen LogP contribution is 2.43. The number of nitriles is 1. The van der Waals surface area contributed by atoms with Gasteiger partial charge in [0.1, 0.15) is 0 Å². The van der Waals surface area contributed by atoms with Crippen LogP contribution in [0, 0.1) is 16.5 Å². The lowest BCUT2D eigenvalue weighted by Gasteiger charge is -2.20. The highest BCUT2D eigenvalue weighted by Gasteiger charge is 2.23. The molecule has 6 heteroatoms. The molecule has 2 aromatic rings. The number of quaternary nitrogens is 1. The van der Waals surface area contributed by atoms with Gasteiger partial charge in [-0.2, -0.15) is 10.5 Å². The molecule has 2 rings (SSSR count). The second-order valence-corrected chi connectivity index (χ2v) is 6.41. The van der Waals surface area contributed by atoms with Crippen LogP contribution in [-0.2, 0) is 0 Å². The summed E-state index contributed by atoms with van der Waals surface area (Å²) in [4.78, 5) is -0.168. The summed E-state index contributed by atoms with van der Waals surface area (Å²) in [6.07, 6.45) is 0. The van der Waals surface area contributed by atoms with Gasteiger partial charge in [-0.05, 0) is 11.1 Å². The summed E-state index contributed by atoms with van der Waals surface area (Å²) in [5, 5.41) is 28.2. The van der Waals surface area contributed by atoms with E-state index in [1.807, 2.05) is 30.3 Å². The average molecular weight is 412 g/mol. The molecular formula is C15H12Br2N2O2. The van der Waals surface area contributed by atoms with Crippen molar-refractivity contribution in [3.63, 3.8) is 0 Å². The number of nitrogens with zero attached hydrogens (tertiary/aromatic N) is 1. The van der Waals surface area contributed by atoms with Crippen LogP contribution in [0.3, 0.4) is 0 Å². The summed E-state index contributed by atoms with van der Waals surface area (Å²) in [5.74, 6) is 0. The lowest BCUT2D eigenvalue weighted by atomic mass is 9.99. The molecule has 0 aliphatic heterocycles. The maximum atomic E-state index is 11.0. The van der Waals surface area contributed by atoms with Gasteiger partial charge in [0.15, 0.2) is 5.69 Å². The molecule has 0 bridgehead atoms. The number of alkyl halides is 2. The molecule has 0 spiro atoms. The predicted molar refractivity (Wildman–Crippen MR) is 86.7 cm³/mol. The molecule has 3 atom stereocenters. The van der Waals surface area contributed by atoms with E-state index in [1.54, 1.807) is 6.07 Å². The zero-order chi connectivity index (χ0) is 15.4. The van der Waals surface area contributed by atoms with E-state index in [-0.39, 0.29) is 15.3 Å². The second-order valence-electron chi connectivity index (χ2n) is 4.43. The third-order valence-electron chi connectivity index (χ3n) is 3.09. The van der Waals surface area contributed by atoms with Gasteiger partial charge in [0.05, 0.1) is 21.3 Å². The highest BCUT2D eigenvalue weighted by atomic mass is 79.9. The zero-order valence-corrected chi connectivity index (χ0v) is 14.0. The number of hydrogen-bond donors (Lipinski definition) is 2. The van der Waals surface area contributed by atoms with Crippen LogP contribution in [0.5, 0.6) is 0 Å². The Labute approximate surface area is 139 Å². The molecule has 0 heterocycles. The smallest absolute Gasteiger partial charge is 0.165 e. The molecule has 0 aromatic heterocycles. The van der Waals surface area contributed by atoms with Gasteiger partial charge >= 0.3 is 0 Å². The Morgan fingerprint density at radius 3 is 2.33 bits per heavy atom. The van der Waals surface area contributed by atoms with Gasteiger partial charge in [0.25, 0.3) is 0 Å². The molecule has 0 aliphatic carbocycles. The van der Waals surface area contributed by atoms with Gasteiger partial charge in [-0.15, -0.1) is 0 Å². The molecule has 0 aliphatic rings. The topological polar surface area (TPSA) is 71.5 Å². The first-order chi connectivity index (χ1) is 10.0. The number of benzene rings is 2. The summed E-state index contributed by atoms with van der Waals surface area (Å²) < 4.78 is 0. The van der Waals surface area contributed by atoms with Gasteiger partial charge in [-0.25, -0.2) is 5.21 Å². The van der Waals surface area contributed by atoms with Crippen molar-refractivity contribution < 1.29 is 10.4 Å². The predicted octanol–water partition coefficient (Wildman–Crippen LogP) is 3.53. The van der Waals surface area contributed by atoms with Crippen LogP contribution >= 0.6 is 31.9 Å². The van der Waals surface area contributed by atoms with E-state index in [0.717, 1.165) is 11.1 Å². The van der Waals surface area contributed by atoms with Crippen molar-refractivity contribution in [2.45, 2.75) is 9.65 Å². The van der Waals surface area contributed by atoms with E-state index in [4.69, 9.17) is 5.21 Å². The van der Waals surface area contributed by atoms with Crippen molar-refractivity contribution in [1.29, 1.82) is 5.26 Å². The van der Waals surface area contributed by atoms with E-state index in [9.17, 15) is 10.5 Å². The molecule has 0 amide bonds. The lowest BCUT2D eigenvalue weighted by Crippen LogP contribution is -2.99. The fourth-order valence-corrected chi connectivity index (χ4v) is 3.28. The summed E-state index contributed by atoms with van der Waals surface area (Å²) in [5.41, 5.74) is 2.30. The van der Waals surface area contributed by atoms with E-state index < -0.39 is 5.23 Å². The lowest BCUT2D eigenvalue weighted by molar-refractivity contribution is -0.991. The van der Waals surface area contributed by atoms with Crippen LogP contribution in [0.25, 0.3) is 0 Å². The van der Waals surface area contributed by atoms with Gasteiger partial charge in [-0.3, -0.25) is 0 Å². The van der Waals surface area contributed by atoms with Crippen LogP contribution in [0.1, 0.15) is 26.3 Å². The Hall–Kier alpha value is -1.23. The Morgan fingerprint density at radius 1 is 1.10 bits per heavy atom. The fourth-order valence-electron chi connectivity index (χ4n) is 1.99. The summed E-state index contributed by atoms with van der Waals surface area (Å²) in [6, 6.07) is 16.5. The van der Waals surface area contributed by atoms with Crippen molar-refractivity contribution in [2.75, 3.05) is 0 Å². The Bertz CT molecular complexity index is 656. The molecule has 2 aromatic carbocycles. The second kappa shape index (κ2) is 7.16. The molecule has 0 saturated heterocycles. The number of rotatable bonds is 4. The van der Waals surface area contributed by atoms with Crippen molar-refractivity contribution in [2.24, 2.45) is 0 Å². The average Bonchev–Trinajstić information content (AvgIpc) is 2.53. The molecule has 0 fully saturated rings. The van der Waals surface area contributed by atoms with Crippen LogP contribution in [0.2, 0.25) is 0 Å². The van der Waals surface area contributed by atoms with E-state index >= 15 is 0 Å². The van der Waals surface area contributed by atoms with Gasteiger partial charge in [0.2, 0.25) is 0 Å². The third kappa shape index (κ3) is 3.70. The third-order valence-corrected chi connectivity index (χ3v) is 5.88. The van der Waals surface area contributed by atoms with Crippen LogP contribution < -0.4 is 5.23 Å². The molecule has 4 nitrogen and oxygen atoms in total. The van der Waals surface area contributed by atoms with E-state index in [0.29, 0.717) is 5.56 Å². The van der Waals surface area contributed by atoms with Crippen molar-refractivity contribution in [1.82, 2.24) is 0 Å². The SMILES string of the molecule is N#Cc1cc([NH+]([O-])O)ccc1[C@@H](Br)[C@H](Br)c1ccccc1. The minimum Gasteiger partial charge on any atom is -0.595 e. The van der Waals surface area contributed by atoms with Crippen molar-refractivity contribution >= 4 is 37.5 Å². The molecule has 21 heavy (non-hydrogen) atoms. The maximum Gasteiger partial charge on any atom is 0.165 e.